The highest BCUT2D eigenvalue weighted by molar-refractivity contribution is 5.74. The topological polar surface area (TPSA) is 99.1 Å². The Hall–Kier alpha value is -1.89. The summed E-state index contributed by atoms with van der Waals surface area (Å²) in [6.07, 6.45) is 1.66. The van der Waals surface area contributed by atoms with Gasteiger partial charge >= 0.3 is 5.69 Å². The first-order valence-electron chi connectivity index (χ1n) is 5.93. The molecule has 106 valence electrons. The Bertz CT molecular complexity index is 598. The van der Waals surface area contributed by atoms with E-state index in [1.807, 2.05) is 13.8 Å². The fourth-order valence-electron chi connectivity index (χ4n) is 1.84. The molecular weight excluding hydrogens is 248 g/mol. The van der Waals surface area contributed by atoms with Gasteiger partial charge in [-0.05, 0) is 13.8 Å². The molecule has 0 unspecified atom stereocenters. The summed E-state index contributed by atoms with van der Waals surface area (Å²) < 4.78 is 2.40. The Labute approximate surface area is 111 Å². The van der Waals surface area contributed by atoms with Gasteiger partial charge in [-0.25, -0.2) is 4.79 Å². The van der Waals surface area contributed by atoms with Crippen molar-refractivity contribution in [3.05, 3.63) is 32.6 Å². The van der Waals surface area contributed by atoms with Crippen LogP contribution in [0.15, 0.2) is 15.8 Å². The van der Waals surface area contributed by atoms with Crippen LogP contribution in [0.1, 0.15) is 25.8 Å². The number of nitrogens with zero attached hydrogens (tertiary/aromatic N) is 2. The highest BCUT2D eigenvalue weighted by Crippen LogP contribution is 2.08. The average molecular weight is 268 g/mol. The standard InChI is InChI=1S/C12H20N4O3/c1-12(2,5-9(13)17)14-6-8-7-15(3)11(19)16(4)10(8)18/h7,14H,5-6H2,1-4H3,(H2,13,17). The molecule has 1 amide bonds. The summed E-state index contributed by atoms with van der Waals surface area (Å²) >= 11 is 0. The number of carbonyl (C=O) groups excluding carboxylic acids is 1. The van der Waals surface area contributed by atoms with Crippen LogP contribution in [0.25, 0.3) is 0 Å². The van der Waals surface area contributed by atoms with Gasteiger partial charge in [-0.3, -0.25) is 14.2 Å². The Morgan fingerprint density at radius 2 is 1.95 bits per heavy atom. The highest BCUT2D eigenvalue weighted by Gasteiger charge is 2.20. The summed E-state index contributed by atoms with van der Waals surface area (Å²) in [5, 5.41) is 3.09. The lowest BCUT2D eigenvalue weighted by Crippen LogP contribution is -2.45. The summed E-state index contributed by atoms with van der Waals surface area (Å²) in [5.74, 6) is -0.411. The molecule has 19 heavy (non-hydrogen) atoms. The number of aryl methyl sites for hydroxylation is 1. The van der Waals surface area contributed by atoms with Crippen LogP contribution in [0.5, 0.6) is 0 Å². The van der Waals surface area contributed by atoms with Gasteiger partial charge in [0.05, 0.1) is 0 Å². The SMILES string of the molecule is Cn1cc(CNC(C)(C)CC(N)=O)c(=O)n(C)c1=O. The molecule has 0 bridgehead atoms. The monoisotopic (exact) mass is 268 g/mol. The first-order chi connectivity index (χ1) is 8.64. The van der Waals surface area contributed by atoms with Crippen LogP contribution in [0.3, 0.4) is 0 Å². The number of nitrogens with one attached hydrogen (secondary N) is 1. The van der Waals surface area contributed by atoms with Crippen LogP contribution in [-0.2, 0) is 25.4 Å². The maximum atomic E-state index is 11.9. The third kappa shape index (κ3) is 3.78. The summed E-state index contributed by atoms with van der Waals surface area (Å²) in [4.78, 5) is 34.3. The van der Waals surface area contributed by atoms with E-state index in [0.29, 0.717) is 5.56 Å². The van der Waals surface area contributed by atoms with Crippen LogP contribution in [0, 0.1) is 0 Å². The molecule has 1 aromatic heterocycles. The molecule has 3 N–H and O–H groups in total. The van der Waals surface area contributed by atoms with Gasteiger partial charge in [-0.1, -0.05) is 0 Å². The number of primary amides is 1. The Morgan fingerprint density at radius 1 is 1.37 bits per heavy atom. The molecule has 1 heterocycles. The van der Waals surface area contributed by atoms with Crippen LogP contribution in [-0.4, -0.2) is 20.6 Å². The fourth-order valence-corrected chi connectivity index (χ4v) is 1.84. The zero-order chi connectivity index (χ0) is 14.8. The first kappa shape index (κ1) is 15.2. The molecule has 0 saturated carbocycles. The van der Waals surface area contributed by atoms with E-state index in [-0.39, 0.29) is 24.2 Å². The minimum absolute atomic E-state index is 0.166. The van der Waals surface area contributed by atoms with Gasteiger partial charge in [0, 0.05) is 44.4 Å². The molecule has 0 spiro atoms. The van der Waals surface area contributed by atoms with E-state index in [2.05, 4.69) is 5.32 Å². The number of hydrogen-bond donors (Lipinski definition) is 2. The predicted molar refractivity (Wildman–Crippen MR) is 71.7 cm³/mol. The number of carbonyl (C=O) groups is 1. The maximum absolute atomic E-state index is 11.9. The van der Waals surface area contributed by atoms with Crippen molar-refractivity contribution in [2.75, 3.05) is 0 Å². The second-order valence-corrected chi connectivity index (χ2v) is 5.29. The predicted octanol–water partition coefficient (Wildman–Crippen LogP) is -1.17. The molecule has 1 aromatic rings. The van der Waals surface area contributed by atoms with Crippen LogP contribution < -0.4 is 22.3 Å². The molecule has 0 fully saturated rings. The van der Waals surface area contributed by atoms with Crippen molar-refractivity contribution < 1.29 is 4.79 Å². The van der Waals surface area contributed by atoms with Crippen LogP contribution >= 0.6 is 0 Å². The van der Waals surface area contributed by atoms with E-state index in [1.165, 1.54) is 17.8 Å². The number of amides is 1. The molecule has 0 saturated heterocycles. The van der Waals surface area contributed by atoms with E-state index in [4.69, 9.17) is 5.73 Å². The largest absolute Gasteiger partial charge is 0.370 e. The van der Waals surface area contributed by atoms with Crippen molar-refractivity contribution in [1.29, 1.82) is 0 Å². The molecule has 1 rings (SSSR count). The van der Waals surface area contributed by atoms with Crippen molar-refractivity contribution in [1.82, 2.24) is 14.5 Å². The van der Waals surface area contributed by atoms with Gasteiger partial charge in [-0.15, -0.1) is 0 Å². The fraction of sp³-hybridized carbons (Fsp3) is 0.583. The van der Waals surface area contributed by atoms with Crippen molar-refractivity contribution in [3.8, 4) is 0 Å². The van der Waals surface area contributed by atoms with Crippen molar-refractivity contribution >= 4 is 5.91 Å². The Kier molecular flexibility index (Phi) is 4.31. The molecule has 0 aliphatic carbocycles. The molecule has 0 aliphatic rings. The summed E-state index contributed by atoms with van der Waals surface area (Å²) in [6, 6.07) is 0. The molecule has 0 aliphatic heterocycles. The lowest BCUT2D eigenvalue weighted by molar-refractivity contribution is -0.119. The molecule has 0 atom stereocenters. The Balaban J connectivity index is 2.94. The first-order valence-corrected chi connectivity index (χ1v) is 5.93. The minimum atomic E-state index is -0.508. The summed E-state index contributed by atoms with van der Waals surface area (Å²) in [5.41, 5.74) is 4.39. The highest BCUT2D eigenvalue weighted by atomic mass is 16.2. The second-order valence-electron chi connectivity index (χ2n) is 5.29. The van der Waals surface area contributed by atoms with Crippen LogP contribution in [0.2, 0.25) is 0 Å². The van der Waals surface area contributed by atoms with Crippen molar-refractivity contribution in [2.45, 2.75) is 32.4 Å². The van der Waals surface area contributed by atoms with Gasteiger partial charge in [0.15, 0.2) is 0 Å². The van der Waals surface area contributed by atoms with Crippen molar-refractivity contribution in [2.24, 2.45) is 19.8 Å². The molecule has 0 radical (unpaired) electrons. The van der Waals surface area contributed by atoms with E-state index in [1.54, 1.807) is 7.05 Å². The van der Waals surface area contributed by atoms with E-state index >= 15 is 0 Å². The smallest absolute Gasteiger partial charge is 0.330 e. The van der Waals surface area contributed by atoms with Gasteiger partial charge in [0.25, 0.3) is 5.56 Å². The number of nitrogens with two attached hydrogens (primary N) is 1. The second kappa shape index (κ2) is 5.40. The van der Waals surface area contributed by atoms with Gasteiger partial charge in [-0.2, -0.15) is 0 Å². The van der Waals surface area contributed by atoms with Crippen LogP contribution in [0.4, 0.5) is 0 Å². The Morgan fingerprint density at radius 3 is 2.47 bits per heavy atom. The lowest BCUT2D eigenvalue weighted by atomic mass is 10.00. The average Bonchev–Trinajstić information content (AvgIpc) is 2.28. The number of hydrogen-bond acceptors (Lipinski definition) is 4. The third-order valence-electron chi connectivity index (χ3n) is 2.89. The summed E-state index contributed by atoms with van der Waals surface area (Å²) in [7, 11) is 3.02. The van der Waals surface area contributed by atoms with Gasteiger partial charge in [0.1, 0.15) is 0 Å². The van der Waals surface area contributed by atoms with E-state index in [9.17, 15) is 14.4 Å². The normalized spacial score (nSPS) is 11.6. The molecule has 0 aromatic carbocycles. The minimum Gasteiger partial charge on any atom is -0.370 e. The van der Waals surface area contributed by atoms with Crippen molar-refractivity contribution in [3.63, 3.8) is 0 Å². The molecular formula is C12H20N4O3. The zero-order valence-corrected chi connectivity index (χ0v) is 11.7. The molecule has 7 heteroatoms. The lowest BCUT2D eigenvalue weighted by Gasteiger charge is -2.24. The molecule has 7 nitrogen and oxygen atoms in total. The quantitative estimate of drug-likeness (QED) is 0.702. The maximum Gasteiger partial charge on any atom is 0.330 e. The van der Waals surface area contributed by atoms with E-state index in [0.717, 1.165) is 4.57 Å². The van der Waals surface area contributed by atoms with Gasteiger partial charge < -0.3 is 15.6 Å². The zero-order valence-electron chi connectivity index (χ0n) is 11.7. The summed E-state index contributed by atoms with van der Waals surface area (Å²) in [6.45, 7) is 3.91. The van der Waals surface area contributed by atoms with E-state index < -0.39 is 11.4 Å². The van der Waals surface area contributed by atoms with Gasteiger partial charge in [0.2, 0.25) is 5.91 Å². The third-order valence-corrected chi connectivity index (χ3v) is 2.89. The number of aromatic nitrogens is 2. The number of rotatable bonds is 5.